The SMILES string of the molecule is Cc1cc(CS(=O)(=O)N[C@@H](C)c2cc3ccccc3o2)on1. The van der Waals surface area contributed by atoms with Gasteiger partial charge in [-0.2, -0.15) is 0 Å². The van der Waals surface area contributed by atoms with Crippen molar-refractivity contribution in [2.75, 3.05) is 0 Å². The predicted molar refractivity (Wildman–Crippen MR) is 81.6 cm³/mol. The largest absolute Gasteiger partial charge is 0.459 e. The van der Waals surface area contributed by atoms with Gasteiger partial charge in [0.2, 0.25) is 10.0 Å². The van der Waals surface area contributed by atoms with Crippen LogP contribution in [0.25, 0.3) is 11.0 Å². The standard InChI is InChI=1S/C15H16N2O4S/c1-10-7-13(21-16-10)9-22(18,19)17-11(2)15-8-12-5-3-4-6-14(12)20-15/h3-8,11,17H,9H2,1-2H3/t11-/m0/s1. The van der Waals surface area contributed by atoms with E-state index in [1.54, 1.807) is 19.9 Å². The van der Waals surface area contributed by atoms with Crippen molar-refractivity contribution < 1.29 is 17.4 Å². The van der Waals surface area contributed by atoms with Crippen molar-refractivity contribution in [3.05, 3.63) is 53.6 Å². The number of furan rings is 1. The van der Waals surface area contributed by atoms with Gasteiger partial charge in [0.05, 0.1) is 11.7 Å². The van der Waals surface area contributed by atoms with Gasteiger partial charge in [0.25, 0.3) is 0 Å². The second-order valence-corrected chi connectivity index (χ2v) is 6.97. The van der Waals surface area contributed by atoms with Gasteiger partial charge in [-0.3, -0.25) is 0 Å². The lowest BCUT2D eigenvalue weighted by Crippen LogP contribution is -2.27. The highest BCUT2D eigenvalue weighted by molar-refractivity contribution is 7.88. The Bertz CT molecular complexity index is 862. The van der Waals surface area contributed by atoms with E-state index < -0.39 is 16.1 Å². The molecule has 1 atom stereocenters. The van der Waals surface area contributed by atoms with Crippen LogP contribution in [0.4, 0.5) is 0 Å². The number of benzene rings is 1. The summed E-state index contributed by atoms with van der Waals surface area (Å²) in [6.45, 7) is 3.48. The second kappa shape index (κ2) is 5.58. The fourth-order valence-corrected chi connectivity index (χ4v) is 3.51. The smallest absolute Gasteiger partial charge is 0.219 e. The van der Waals surface area contributed by atoms with Crippen molar-refractivity contribution in [2.24, 2.45) is 0 Å². The monoisotopic (exact) mass is 320 g/mol. The first-order valence-electron chi connectivity index (χ1n) is 6.83. The predicted octanol–water partition coefficient (Wildman–Crippen LogP) is 2.91. The first-order chi connectivity index (χ1) is 10.4. The second-order valence-electron chi connectivity index (χ2n) is 5.22. The lowest BCUT2D eigenvalue weighted by molar-refractivity contribution is 0.387. The molecule has 22 heavy (non-hydrogen) atoms. The summed E-state index contributed by atoms with van der Waals surface area (Å²) in [6, 6.07) is 10.5. The van der Waals surface area contributed by atoms with Crippen molar-refractivity contribution in [2.45, 2.75) is 25.6 Å². The van der Waals surface area contributed by atoms with Gasteiger partial charge in [0.1, 0.15) is 17.1 Å². The first-order valence-corrected chi connectivity index (χ1v) is 8.49. The Kier molecular flexibility index (Phi) is 3.76. The molecular weight excluding hydrogens is 304 g/mol. The van der Waals surface area contributed by atoms with Crippen LogP contribution in [-0.4, -0.2) is 13.6 Å². The van der Waals surface area contributed by atoms with Crippen LogP contribution < -0.4 is 4.72 Å². The van der Waals surface area contributed by atoms with Crippen molar-refractivity contribution in [1.82, 2.24) is 9.88 Å². The molecule has 0 radical (unpaired) electrons. The molecule has 6 nitrogen and oxygen atoms in total. The van der Waals surface area contributed by atoms with Crippen LogP contribution in [0.5, 0.6) is 0 Å². The summed E-state index contributed by atoms with van der Waals surface area (Å²) in [5, 5.41) is 4.62. The van der Waals surface area contributed by atoms with Gasteiger partial charge in [-0.1, -0.05) is 23.4 Å². The number of nitrogens with one attached hydrogen (secondary N) is 1. The molecule has 0 spiro atoms. The van der Waals surface area contributed by atoms with Gasteiger partial charge < -0.3 is 8.94 Å². The normalized spacial score (nSPS) is 13.5. The Morgan fingerprint density at radius 1 is 1.27 bits per heavy atom. The maximum Gasteiger partial charge on any atom is 0.219 e. The highest BCUT2D eigenvalue weighted by Crippen LogP contribution is 2.24. The molecule has 1 N–H and O–H groups in total. The molecule has 116 valence electrons. The average molecular weight is 320 g/mol. The molecular formula is C15H16N2O4S. The Morgan fingerprint density at radius 2 is 2.05 bits per heavy atom. The molecule has 2 heterocycles. The van der Waals surface area contributed by atoms with Crippen molar-refractivity contribution in [3.8, 4) is 0 Å². The first kappa shape index (κ1) is 14.8. The third-order valence-corrected chi connectivity index (χ3v) is 4.61. The topological polar surface area (TPSA) is 85.3 Å². The van der Waals surface area contributed by atoms with Crippen LogP contribution in [0.15, 0.2) is 45.3 Å². The summed E-state index contributed by atoms with van der Waals surface area (Å²) in [5.41, 5.74) is 1.38. The quantitative estimate of drug-likeness (QED) is 0.781. The molecule has 2 aromatic heterocycles. The van der Waals surface area contributed by atoms with Crippen LogP contribution in [0.3, 0.4) is 0 Å². The molecule has 0 saturated heterocycles. The summed E-state index contributed by atoms with van der Waals surface area (Å²) < 4.78 is 37.5. The van der Waals surface area contributed by atoms with Crippen molar-refractivity contribution >= 4 is 21.0 Å². The van der Waals surface area contributed by atoms with Crippen LogP contribution in [0, 0.1) is 6.92 Å². The molecule has 7 heteroatoms. The van der Waals surface area contributed by atoms with Gasteiger partial charge in [0.15, 0.2) is 5.76 Å². The van der Waals surface area contributed by atoms with E-state index in [0.717, 1.165) is 11.0 Å². The molecule has 0 saturated carbocycles. The zero-order valence-electron chi connectivity index (χ0n) is 12.2. The van der Waals surface area contributed by atoms with Gasteiger partial charge >= 0.3 is 0 Å². The van der Waals surface area contributed by atoms with Crippen LogP contribution in [0.1, 0.15) is 30.2 Å². The maximum absolute atomic E-state index is 12.2. The van der Waals surface area contributed by atoms with Gasteiger partial charge in [0, 0.05) is 11.5 Å². The van der Waals surface area contributed by atoms with Gasteiger partial charge in [-0.25, -0.2) is 13.1 Å². The summed E-state index contributed by atoms with van der Waals surface area (Å²) in [7, 11) is -3.55. The van der Waals surface area contributed by atoms with Crippen LogP contribution >= 0.6 is 0 Å². The van der Waals surface area contributed by atoms with E-state index in [9.17, 15) is 8.42 Å². The fourth-order valence-electron chi connectivity index (χ4n) is 2.26. The Balaban J connectivity index is 1.76. The number of fused-ring (bicyclic) bond motifs is 1. The Labute approximate surface area is 128 Å². The molecule has 0 fully saturated rings. The number of sulfonamides is 1. The molecule has 0 unspecified atom stereocenters. The molecule has 0 aliphatic heterocycles. The minimum atomic E-state index is -3.55. The average Bonchev–Trinajstić information content (AvgIpc) is 3.03. The molecule has 1 aromatic carbocycles. The zero-order chi connectivity index (χ0) is 15.7. The third-order valence-electron chi connectivity index (χ3n) is 3.24. The molecule has 0 aliphatic rings. The minimum absolute atomic E-state index is 0.252. The number of nitrogens with zero attached hydrogens (tertiary/aromatic N) is 1. The van der Waals surface area contributed by atoms with E-state index in [0.29, 0.717) is 17.2 Å². The lowest BCUT2D eigenvalue weighted by atomic mass is 10.2. The fraction of sp³-hybridized carbons (Fsp3) is 0.267. The molecule has 0 amide bonds. The molecule has 3 aromatic rings. The number of aromatic nitrogens is 1. The van der Waals surface area contributed by atoms with E-state index in [2.05, 4.69) is 9.88 Å². The van der Waals surface area contributed by atoms with E-state index in [4.69, 9.17) is 8.94 Å². The van der Waals surface area contributed by atoms with Gasteiger partial charge in [-0.15, -0.1) is 0 Å². The third kappa shape index (κ3) is 3.20. The van der Waals surface area contributed by atoms with E-state index in [-0.39, 0.29) is 5.75 Å². The summed E-state index contributed by atoms with van der Waals surface area (Å²) in [6.07, 6.45) is 0. The number of rotatable bonds is 5. The number of aryl methyl sites for hydroxylation is 1. The van der Waals surface area contributed by atoms with E-state index in [1.807, 2.05) is 30.3 Å². The van der Waals surface area contributed by atoms with Gasteiger partial charge in [-0.05, 0) is 26.0 Å². The van der Waals surface area contributed by atoms with Crippen molar-refractivity contribution in [1.29, 1.82) is 0 Å². The van der Waals surface area contributed by atoms with E-state index >= 15 is 0 Å². The van der Waals surface area contributed by atoms with Crippen molar-refractivity contribution in [3.63, 3.8) is 0 Å². The Morgan fingerprint density at radius 3 is 2.73 bits per heavy atom. The Hall–Kier alpha value is -2.12. The summed E-state index contributed by atoms with van der Waals surface area (Å²) in [5.74, 6) is 0.624. The highest BCUT2D eigenvalue weighted by atomic mass is 32.2. The van der Waals surface area contributed by atoms with E-state index in [1.165, 1.54) is 0 Å². The highest BCUT2D eigenvalue weighted by Gasteiger charge is 2.21. The molecule has 3 rings (SSSR count). The maximum atomic E-state index is 12.2. The number of hydrogen-bond donors (Lipinski definition) is 1. The van der Waals surface area contributed by atoms with Crippen LogP contribution in [0.2, 0.25) is 0 Å². The lowest BCUT2D eigenvalue weighted by Gasteiger charge is -2.10. The summed E-state index contributed by atoms with van der Waals surface area (Å²) in [4.78, 5) is 0. The summed E-state index contributed by atoms with van der Waals surface area (Å²) >= 11 is 0. The number of hydrogen-bond acceptors (Lipinski definition) is 5. The molecule has 0 bridgehead atoms. The minimum Gasteiger partial charge on any atom is -0.459 e. The zero-order valence-corrected chi connectivity index (χ0v) is 13.1. The van der Waals surface area contributed by atoms with Crippen LogP contribution in [-0.2, 0) is 15.8 Å². The number of para-hydroxylation sites is 1. The molecule has 0 aliphatic carbocycles.